The molecule has 0 radical (unpaired) electrons. The van der Waals surface area contributed by atoms with Crippen LogP contribution in [0.15, 0.2) is 65.2 Å². The number of rotatable bonds is 5. The van der Waals surface area contributed by atoms with Gasteiger partial charge in [-0.15, -0.1) is 0 Å². The Balaban J connectivity index is 1.54. The fourth-order valence-electron chi connectivity index (χ4n) is 3.53. The number of hydrogen-bond acceptors (Lipinski definition) is 4. The number of para-hydroxylation sites is 1. The Morgan fingerprint density at radius 3 is 2.50 bits per heavy atom. The normalized spacial score (nSPS) is 18.3. The van der Waals surface area contributed by atoms with Crippen molar-refractivity contribution >= 4 is 11.6 Å². The summed E-state index contributed by atoms with van der Waals surface area (Å²) in [4.78, 5) is 18.9. The molecule has 2 heterocycles. The first-order chi connectivity index (χ1) is 12.8. The third kappa shape index (κ3) is 3.12. The summed E-state index contributed by atoms with van der Waals surface area (Å²) in [5.74, 6) is 1.40. The molecule has 2 atom stereocenters. The first kappa shape index (κ1) is 16.5. The molecule has 1 aliphatic heterocycles. The van der Waals surface area contributed by atoms with Crippen LogP contribution >= 0.6 is 0 Å². The largest absolute Gasteiger partial charge is 0.339 e. The van der Waals surface area contributed by atoms with Crippen LogP contribution in [0.2, 0.25) is 0 Å². The zero-order valence-corrected chi connectivity index (χ0v) is 14.7. The van der Waals surface area contributed by atoms with Gasteiger partial charge >= 0.3 is 0 Å². The number of anilines is 1. The van der Waals surface area contributed by atoms with Crippen molar-refractivity contribution in [2.75, 3.05) is 11.4 Å². The molecule has 1 aromatic heterocycles. The van der Waals surface area contributed by atoms with E-state index in [4.69, 9.17) is 4.52 Å². The number of benzene rings is 2. The van der Waals surface area contributed by atoms with E-state index in [1.54, 1.807) is 4.90 Å². The lowest BCUT2D eigenvalue weighted by molar-refractivity contribution is -0.117. The van der Waals surface area contributed by atoms with Crippen LogP contribution in [0, 0.1) is 0 Å². The molecule has 1 fully saturated rings. The highest BCUT2D eigenvalue weighted by Gasteiger charge is 2.35. The molecule has 0 spiro atoms. The van der Waals surface area contributed by atoms with Crippen LogP contribution in [0.4, 0.5) is 5.69 Å². The van der Waals surface area contributed by atoms with E-state index in [-0.39, 0.29) is 17.7 Å². The highest BCUT2D eigenvalue weighted by molar-refractivity contribution is 5.96. The maximum atomic E-state index is 12.4. The van der Waals surface area contributed by atoms with Gasteiger partial charge in [0.2, 0.25) is 11.8 Å². The van der Waals surface area contributed by atoms with Crippen molar-refractivity contribution in [3.8, 4) is 0 Å². The number of nitrogens with zero attached hydrogens (tertiary/aromatic N) is 3. The Bertz CT molecular complexity index is 877. The Morgan fingerprint density at radius 1 is 1.12 bits per heavy atom. The third-order valence-electron chi connectivity index (χ3n) is 4.92. The van der Waals surface area contributed by atoms with Gasteiger partial charge in [-0.3, -0.25) is 4.79 Å². The maximum absolute atomic E-state index is 12.4. The molecule has 26 heavy (non-hydrogen) atoms. The second kappa shape index (κ2) is 7.12. The molecule has 3 aromatic rings. The predicted octanol–water partition coefficient (Wildman–Crippen LogP) is 4.13. The maximum Gasteiger partial charge on any atom is 0.234 e. The Hall–Kier alpha value is -2.95. The van der Waals surface area contributed by atoms with Crippen molar-refractivity contribution < 1.29 is 9.32 Å². The fraction of sp³-hybridized carbons (Fsp3) is 0.286. The zero-order valence-electron chi connectivity index (χ0n) is 14.7. The van der Waals surface area contributed by atoms with Crippen molar-refractivity contribution in [1.29, 1.82) is 0 Å². The van der Waals surface area contributed by atoms with E-state index in [2.05, 4.69) is 29.2 Å². The molecule has 2 aromatic carbocycles. The summed E-state index contributed by atoms with van der Waals surface area (Å²) in [5, 5.41) is 4.19. The van der Waals surface area contributed by atoms with E-state index in [0.717, 1.165) is 12.1 Å². The van der Waals surface area contributed by atoms with E-state index in [0.29, 0.717) is 24.7 Å². The molecule has 0 unspecified atom stereocenters. The topological polar surface area (TPSA) is 59.2 Å². The monoisotopic (exact) mass is 347 g/mol. The Kier molecular flexibility index (Phi) is 4.52. The van der Waals surface area contributed by atoms with Gasteiger partial charge in [-0.1, -0.05) is 60.6 Å². The third-order valence-corrected chi connectivity index (χ3v) is 4.92. The van der Waals surface area contributed by atoms with E-state index in [1.807, 2.05) is 48.5 Å². The molecule has 1 aliphatic rings. The molecule has 132 valence electrons. The highest BCUT2D eigenvalue weighted by Crippen LogP contribution is 2.32. The summed E-state index contributed by atoms with van der Waals surface area (Å²) in [5.41, 5.74) is 2.08. The van der Waals surface area contributed by atoms with Crippen LogP contribution in [0.5, 0.6) is 0 Å². The summed E-state index contributed by atoms with van der Waals surface area (Å²) in [7, 11) is 0. The van der Waals surface area contributed by atoms with Gasteiger partial charge in [-0.05, 0) is 24.1 Å². The van der Waals surface area contributed by atoms with Crippen molar-refractivity contribution in [2.45, 2.75) is 31.6 Å². The van der Waals surface area contributed by atoms with Gasteiger partial charge in [0.15, 0.2) is 5.82 Å². The molecule has 0 N–H and O–H groups in total. The van der Waals surface area contributed by atoms with Gasteiger partial charge in [0.05, 0.1) is 5.92 Å². The minimum Gasteiger partial charge on any atom is -0.339 e. The first-order valence-electron chi connectivity index (χ1n) is 9.00. The molecule has 4 rings (SSSR count). The van der Waals surface area contributed by atoms with E-state index < -0.39 is 0 Å². The summed E-state index contributed by atoms with van der Waals surface area (Å²) in [6.07, 6.45) is 1.29. The smallest absolute Gasteiger partial charge is 0.234 e. The molecular formula is C21H21N3O2. The summed E-state index contributed by atoms with van der Waals surface area (Å²) < 4.78 is 5.57. The average molecular weight is 347 g/mol. The van der Waals surface area contributed by atoms with Gasteiger partial charge < -0.3 is 9.42 Å². The van der Waals surface area contributed by atoms with Gasteiger partial charge in [-0.25, -0.2) is 0 Å². The zero-order chi connectivity index (χ0) is 17.9. The SMILES string of the molecule is CC[C@@H](c1ccccc1)c1nc([C@H]2CC(=O)N(c3ccccc3)C2)no1. The lowest BCUT2D eigenvalue weighted by Gasteiger charge is -2.15. The van der Waals surface area contributed by atoms with Crippen LogP contribution in [0.1, 0.15) is 48.9 Å². The molecule has 0 saturated carbocycles. The van der Waals surface area contributed by atoms with E-state index >= 15 is 0 Å². The number of carbonyl (C=O) groups is 1. The van der Waals surface area contributed by atoms with E-state index in [9.17, 15) is 4.79 Å². The van der Waals surface area contributed by atoms with Gasteiger partial charge in [-0.2, -0.15) is 4.98 Å². The van der Waals surface area contributed by atoms with Crippen molar-refractivity contribution in [3.05, 3.63) is 77.9 Å². The lowest BCUT2D eigenvalue weighted by Crippen LogP contribution is -2.24. The minimum absolute atomic E-state index is 0.0338. The standard InChI is InChI=1S/C21H21N3O2/c1-2-18(15-9-5-3-6-10-15)21-22-20(23-26-21)16-13-19(25)24(14-16)17-11-7-4-8-12-17/h3-12,16,18H,2,13-14H2,1H3/t16-,18-/m0/s1. The molecule has 1 amide bonds. The molecule has 0 aliphatic carbocycles. The van der Waals surface area contributed by atoms with Crippen LogP contribution in [-0.4, -0.2) is 22.6 Å². The number of amides is 1. The number of hydrogen-bond donors (Lipinski definition) is 0. The van der Waals surface area contributed by atoms with Crippen LogP contribution in [-0.2, 0) is 4.79 Å². The lowest BCUT2D eigenvalue weighted by atomic mass is 9.96. The Morgan fingerprint density at radius 2 is 1.81 bits per heavy atom. The Labute approximate surface area is 152 Å². The summed E-state index contributed by atoms with van der Waals surface area (Å²) >= 11 is 0. The molecule has 0 bridgehead atoms. The van der Waals surface area contributed by atoms with Crippen molar-refractivity contribution in [3.63, 3.8) is 0 Å². The second-order valence-electron chi connectivity index (χ2n) is 6.60. The van der Waals surface area contributed by atoms with Gasteiger partial charge in [0.25, 0.3) is 0 Å². The predicted molar refractivity (Wildman–Crippen MR) is 99.0 cm³/mol. The van der Waals surface area contributed by atoms with Crippen molar-refractivity contribution in [1.82, 2.24) is 10.1 Å². The molecule has 5 heteroatoms. The average Bonchev–Trinajstić information content (AvgIpc) is 3.31. The molecule has 1 saturated heterocycles. The molecule has 5 nitrogen and oxygen atoms in total. The van der Waals surface area contributed by atoms with E-state index in [1.165, 1.54) is 5.56 Å². The minimum atomic E-state index is -0.0338. The summed E-state index contributed by atoms with van der Waals surface area (Å²) in [6, 6.07) is 19.9. The van der Waals surface area contributed by atoms with Crippen LogP contribution < -0.4 is 4.90 Å². The number of carbonyl (C=O) groups excluding carboxylic acids is 1. The van der Waals surface area contributed by atoms with Crippen molar-refractivity contribution in [2.24, 2.45) is 0 Å². The number of aromatic nitrogens is 2. The van der Waals surface area contributed by atoms with Gasteiger partial charge in [0, 0.05) is 24.6 Å². The quantitative estimate of drug-likeness (QED) is 0.696. The van der Waals surface area contributed by atoms with Gasteiger partial charge in [0.1, 0.15) is 0 Å². The van der Waals surface area contributed by atoms with Crippen LogP contribution in [0.3, 0.4) is 0 Å². The fourth-order valence-corrected chi connectivity index (χ4v) is 3.53. The second-order valence-corrected chi connectivity index (χ2v) is 6.60. The first-order valence-corrected chi connectivity index (χ1v) is 9.00. The van der Waals surface area contributed by atoms with Crippen LogP contribution in [0.25, 0.3) is 0 Å². The molecular weight excluding hydrogens is 326 g/mol. The highest BCUT2D eigenvalue weighted by atomic mass is 16.5. The summed E-state index contributed by atoms with van der Waals surface area (Å²) in [6.45, 7) is 2.70.